The third-order valence-electron chi connectivity index (χ3n) is 5.90. The zero-order valence-corrected chi connectivity index (χ0v) is 11.8. The standard InChI is InChI=1S/C16H19NO3/c1-7-5-11(18)17(8(2)12(7)16(19)20)15-13-9-3-4-10(6-9)14(13)15/h5,9-10,13-15H,3-4,6H2,1-2H3,(H,19,20). The number of pyridine rings is 1. The van der Waals surface area contributed by atoms with E-state index in [0.29, 0.717) is 28.7 Å². The molecule has 3 fully saturated rings. The number of aryl methyl sites for hydroxylation is 1. The van der Waals surface area contributed by atoms with Crippen LogP contribution in [0.5, 0.6) is 0 Å². The molecule has 1 aromatic rings. The van der Waals surface area contributed by atoms with E-state index in [1.807, 2.05) is 0 Å². The number of fused-ring (bicyclic) bond motifs is 5. The van der Waals surface area contributed by atoms with E-state index in [0.717, 1.165) is 11.8 Å². The summed E-state index contributed by atoms with van der Waals surface area (Å²) in [5.41, 5.74) is 1.50. The fourth-order valence-electron chi connectivity index (χ4n) is 5.22. The van der Waals surface area contributed by atoms with Gasteiger partial charge in [-0.05, 0) is 62.3 Å². The van der Waals surface area contributed by atoms with Gasteiger partial charge in [0.2, 0.25) is 0 Å². The predicted octanol–water partition coefficient (Wildman–Crippen LogP) is 2.38. The molecule has 0 saturated heterocycles. The van der Waals surface area contributed by atoms with Crippen molar-refractivity contribution in [1.82, 2.24) is 4.57 Å². The highest BCUT2D eigenvalue weighted by molar-refractivity contribution is 5.90. The first-order valence-electron chi connectivity index (χ1n) is 7.46. The van der Waals surface area contributed by atoms with E-state index in [1.54, 1.807) is 18.4 Å². The minimum absolute atomic E-state index is 0.0243. The van der Waals surface area contributed by atoms with Gasteiger partial charge in [-0.2, -0.15) is 0 Å². The van der Waals surface area contributed by atoms with Crippen LogP contribution in [0.15, 0.2) is 10.9 Å². The molecule has 4 nitrogen and oxygen atoms in total. The van der Waals surface area contributed by atoms with Crippen molar-refractivity contribution in [1.29, 1.82) is 0 Å². The molecule has 0 aromatic carbocycles. The van der Waals surface area contributed by atoms with Crippen molar-refractivity contribution >= 4 is 5.97 Å². The maximum absolute atomic E-state index is 12.4. The van der Waals surface area contributed by atoms with Gasteiger partial charge < -0.3 is 9.67 Å². The van der Waals surface area contributed by atoms with Gasteiger partial charge in [-0.15, -0.1) is 0 Å². The SMILES string of the molecule is Cc1cc(=O)n(C2C3C4CCC(C4)C32)c(C)c1C(=O)O. The van der Waals surface area contributed by atoms with Gasteiger partial charge in [0.1, 0.15) is 0 Å². The Kier molecular flexibility index (Phi) is 2.28. The summed E-state index contributed by atoms with van der Waals surface area (Å²) < 4.78 is 1.79. The van der Waals surface area contributed by atoms with E-state index in [9.17, 15) is 14.7 Å². The van der Waals surface area contributed by atoms with E-state index in [1.165, 1.54) is 25.3 Å². The maximum atomic E-state index is 12.4. The largest absolute Gasteiger partial charge is 0.478 e. The molecule has 0 aliphatic heterocycles. The van der Waals surface area contributed by atoms with E-state index >= 15 is 0 Å². The van der Waals surface area contributed by atoms with Crippen LogP contribution in [-0.2, 0) is 0 Å². The summed E-state index contributed by atoms with van der Waals surface area (Å²) in [4.78, 5) is 23.8. The average molecular weight is 273 g/mol. The van der Waals surface area contributed by atoms with Crippen LogP contribution in [-0.4, -0.2) is 15.6 Å². The minimum atomic E-state index is -0.928. The van der Waals surface area contributed by atoms with Crippen LogP contribution in [0.4, 0.5) is 0 Å². The molecule has 20 heavy (non-hydrogen) atoms. The van der Waals surface area contributed by atoms with Crippen LogP contribution in [0.2, 0.25) is 0 Å². The zero-order valence-electron chi connectivity index (χ0n) is 11.8. The second-order valence-corrected chi connectivity index (χ2v) is 6.78. The van der Waals surface area contributed by atoms with Gasteiger partial charge in [-0.25, -0.2) is 4.79 Å². The van der Waals surface area contributed by atoms with Crippen molar-refractivity contribution in [3.8, 4) is 0 Å². The Morgan fingerprint density at radius 3 is 2.40 bits per heavy atom. The Morgan fingerprint density at radius 1 is 1.25 bits per heavy atom. The van der Waals surface area contributed by atoms with Gasteiger partial charge in [0.15, 0.2) is 0 Å². The molecule has 0 radical (unpaired) electrons. The normalized spacial score (nSPS) is 37.0. The van der Waals surface area contributed by atoms with E-state index in [-0.39, 0.29) is 11.6 Å². The minimum Gasteiger partial charge on any atom is -0.478 e. The lowest BCUT2D eigenvalue weighted by molar-refractivity contribution is 0.0694. The highest BCUT2D eigenvalue weighted by atomic mass is 16.4. The second-order valence-electron chi connectivity index (χ2n) is 6.78. The summed E-state index contributed by atoms with van der Waals surface area (Å²) >= 11 is 0. The summed E-state index contributed by atoms with van der Waals surface area (Å²) in [6.45, 7) is 3.49. The summed E-state index contributed by atoms with van der Waals surface area (Å²) in [5, 5.41) is 9.37. The monoisotopic (exact) mass is 273 g/mol. The first-order chi connectivity index (χ1) is 9.50. The molecule has 4 heteroatoms. The van der Waals surface area contributed by atoms with Gasteiger partial charge in [-0.1, -0.05) is 0 Å². The molecule has 1 N–H and O–H groups in total. The van der Waals surface area contributed by atoms with Crippen molar-refractivity contribution in [2.45, 2.75) is 39.2 Å². The Balaban J connectivity index is 1.82. The lowest BCUT2D eigenvalue weighted by Crippen LogP contribution is -2.26. The quantitative estimate of drug-likeness (QED) is 0.900. The molecule has 4 rings (SSSR count). The summed E-state index contributed by atoms with van der Waals surface area (Å²) in [5.74, 6) is 1.89. The summed E-state index contributed by atoms with van der Waals surface area (Å²) in [6, 6.07) is 1.76. The molecule has 4 unspecified atom stereocenters. The van der Waals surface area contributed by atoms with Crippen molar-refractivity contribution < 1.29 is 9.90 Å². The molecule has 3 aliphatic carbocycles. The first kappa shape index (κ1) is 12.2. The highest BCUT2D eigenvalue weighted by Crippen LogP contribution is 2.71. The van der Waals surface area contributed by atoms with Crippen LogP contribution in [0, 0.1) is 37.5 Å². The molecular weight excluding hydrogens is 254 g/mol. The molecule has 2 bridgehead atoms. The molecular formula is C16H19NO3. The maximum Gasteiger partial charge on any atom is 0.337 e. The number of carboxylic acids is 1. The molecule has 0 spiro atoms. The Hall–Kier alpha value is -1.58. The lowest BCUT2D eigenvalue weighted by atomic mass is 10.0. The van der Waals surface area contributed by atoms with Crippen molar-refractivity contribution in [3.05, 3.63) is 33.2 Å². The number of carboxylic acid groups (broad SMARTS) is 1. The van der Waals surface area contributed by atoms with E-state index < -0.39 is 5.97 Å². The second kappa shape index (κ2) is 3.74. The first-order valence-corrected chi connectivity index (χ1v) is 7.46. The number of hydrogen-bond acceptors (Lipinski definition) is 2. The fraction of sp³-hybridized carbons (Fsp3) is 0.625. The molecule has 4 atom stereocenters. The van der Waals surface area contributed by atoms with Crippen LogP contribution in [0.25, 0.3) is 0 Å². The van der Waals surface area contributed by atoms with E-state index in [2.05, 4.69) is 0 Å². The molecule has 106 valence electrons. The number of nitrogens with zero attached hydrogens (tertiary/aromatic N) is 1. The Labute approximate surface area is 117 Å². The number of carbonyl (C=O) groups is 1. The predicted molar refractivity (Wildman–Crippen MR) is 74.0 cm³/mol. The lowest BCUT2D eigenvalue weighted by Gasteiger charge is -2.17. The van der Waals surface area contributed by atoms with Gasteiger partial charge in [0, 0.05) is 17.8 Å². The van der Waals surface area contributed by atoms with Crippen LogP contribution in [0.1, 0.15) is 46.9 Å². The van der Waals surface area contributed by atoms with Crippen LogP contribution >= 0.6 is 0 Å². The van der Waals surface area contributed by atoms with Crippen LogP contribution in [0.3, 0.4) is 0 Å². The zero-order chi connectivity index (χ0) is 14.2. The van der Waals surface area contributed by atoms with Crippen molar-refractivity contribution in [3.63, 3.8) is 0 Å². The van der Waals surface area contributed by atoms with Gasteiger partial charge >= 0.3 is 5.97 Å². The topological polar surface area (TPSA) is 59.3 Å². The fourth-order valence-corrected chi connectivity index (χ4v) is 5.22. The number of rotatable bonds is 2. The third-order valence-corrected chi connectivity index (χ3v) is 5.90. The average Bonchev–Trinajstić information content (AvgIpc) is 2.78. The summed E-state index contributed by atoms with van der Waals surface area (Å²) in [6.07, 6.45) is 3.93. The van der Waals surface area contributed by atoms with Crippen LogP contribution < -0.4 is 5.56 Å². The third kappa shape index (κ3) is 1.37. The van der Waals surface area contributed by atoms with Gasteiger partial charge in [0.05, 0.1) is 5.56 Å². The molecule has 3 saturated carbocycles. The Morgan fingerprint density at radius 2 is 1.85 bits per heavy atom. The Bertz CT molecular complexity index is 659. The highest BCUT2D eigenvalue weighted by Gasteiger charge is 2.66. The number of aromatic nitrogens is 1. The summed E-state index contributed by atoms with van der Waals surface area (Å²) in [7, 11) is 0. The number of aromatic carboxylic acids is 1. The number of hydrogen-bond donors (Lipinski definition) is 1. The van der Waals surface area contributed by atoms with Gasteiger partial charge in [-0.3, -0.25) is 4.79 Å². The molecule has 3 aliphatic rings. The molecule has 1 aromatic heterocycles. The van der Waals surface area contributed by atoms with E-state index in [4.69, 9.17) is 0 Å². The van der Waals surface area contributed by atoms with Gasteiger partial charge in [0.25, 0.3) is 5.56 Å². The smallest absolute Gasteiger partial charge is 0.337 e. The van der Waals surface area contributed by atoms with Crippen molar-refractivity contribution in [2.75, 3.05) is 0 Å². The van der Waals surface area contributed by atoms with Crippen molar-refractivity contribution in [2.24, 2.45) is 23.7 Å². The molecule has 0 amide bonds. The molecule has 1 heterocycles.